The number of fused-ring (bicyclic) bond motifs is 1. The van der Waals surface area contributed by atoms with Gasteiger partial charge in [-0.15, -0.1) is 0 Å². The first-order valence-corrected chi connectivity index (χ1v) is 9.01. The molecule has 1 fully saturated rings. The topological polar surface area (TPSA) is 32.7 Å². The lowest BCUT2D eigenvalue weighted by molar-refractivity contribution is 0.101. The number of piperidine rings is 1. The molecule has 2 aliphatic rings. The number of hydrogen-bond acceptors (Lipinski definition) is 2. The first kappa shape index (κ1) is 17.0. The number of halogens is 2. The molecule has 2 aliphatic heterocycles. The molecular weight excluding hydrogens is 334 g/mol. The standard InChI is InChI=1S/C21H20F2N2O/c1-2-25-7-5-13(6-8-25)16-4-3-14(10-19(16)22)15-9-17-18(20(23)11-15)12-24-21(17)26/h3-4,9-13H,2,5-8H2,1H3. The largest absolute Gasteiger partial charge is 0.304 e. The zero-order valence-electron chi connectivity index (χ0n) is 14.6. The minimum absolute atomic E-state index is 0.207. The summed E-state index contributed by atoms with van der Waals surface area (Å²) in [7, 11) is 0. The number of carbonyl (C=O) groups excluding carboxylic acids is 1. The summed E-state index contributed by atoms with van der Waals surface area (Å²) >= 11 is 0. The molecule has 26 heavy (non-hydrogen) atoms. The Kier molecular flexibility index (Phi) is 4.41. The van der Waals surface area contributed by atoms with Gasteiger partial charge in [0.15, 0.2) is 0 Å². The summed E-state index contributed by atoms with van der Waals surface area (Å²) in [4.78, 5) is 17.7. The van der Waals surface area contributed by atoms with Crippen molar-refractivity contribution in [1.29, 1.82) is 0 Å². The van der Waals surface area contributed by atoms with E-state index in [1.165, 1.54) is 18.3 Å². The highest BCUT2D eigenvalue weighted by Crippen LogP contribution is 2.33. The van der Waals surface area contributed by atoms with E-state index in [2.05, 4.69) is 16.8 Å². The fourth-order valence-corrected chi connectivity index (χ4v) is 3.88. The summed E-state index contributed by atoms with van der Waals surface area (Å²) in [5, 5.41) is 0. The Balaban J connectivity index is 1.62. The predicted molar refractivity (Wildman–Crippen MR) is 97.8 cm³/mol. The van der Waals surface area contributed by atoms with Crippen molar-refractivity contribution in [1.82, 2.24) is 4.90 Å². The number of likely N-dealkylation sites (tertiary alicyclic amines) is 1. The molecule has 2 heterocycles. The Morgan fingerprint density at radius 2 is 1.81 bits per heavy atom. The number of carbonyl (C=O) groups is 1. The number of amides is 1. The van der Waals surface area contributed by atoms with Gasteiger partial charge in [-0.25, -0.2) is 13.8 Å². The van der Waals surface area contributed by atoms with Crippen LogP contribution < -0.4 is 0 Å². The van der Waals surface area contributed by atoms with Crippen LogP contribution in [0.2, 0.25) is 0 Å². The summed E-state index contributed by atoms with van der Waals surface area (Å²) in [5.74, 6) is -1.01. The highest BCUT2D eigenvalue weighted by atomic mass is 19.1. The number of nitrogens with zero attached hydrogens (tertiary/aromatic N) is 2. The SMILES string of the molecule is CCN1CCC(c2ccc(-c3cc(F)c4c(c3)C(=O)N=C4)cc2F)CC1. The molecule has 134 valence electrons. The van der Waals surface area contributed by atoms with Crippen LogP contribution in [0, 0.1) is 11.6 Å². The zero-order valence-corrected chi connectivity index (χ0v) is 14.6. The molecule has 4 rings (SSSR count). The summed E-state index contributed by atoms with van der Waals surface area (Å²) in [6.45, 7) is 5.14. The van der Waals surface area contributed by atoms with Crippen LogP contribution in [-0.4, -0.2) is 36.7 Å². The van der Waals surface area contributed by atoms with E-state index >= 15 is 0 Å². The lowest BCUT2D eigenvalue weighted by Crippen LogP contribution is -2.32. The van der Waals surface area contributed by atoms with Crippen molar-refractivity contribution < 1.29 is 13.6 Å². The number of hydrogen-bond donors (Lipinski definition) is 0. The maximum atomic E-state index is 14.8. The van der Waals surface area contributed by atoms with Crippen LogP contribution in [0.15, 0.2) is 35.3 Å². The van der Waals surface area contributed by atoms with Gasteiger partial charge in [0.1, 0.15) is 11.6 Å². The van der Waals surface area contributed by atoms with Gasteiger partial charge in [0.25, 0.3) is 5.91 Å². The van der Waals surface area contributed by atoms with Crippen LogP contribution >= 0.6 is 0 Å². The molecule has 0 spiro atoms. The van der Waals surface area contributed by atoms with E-state index in [1.807, 2.05) is 6.07 Å². The first-order valence-electron chi connectivity index (χ1n) is 9.01. The molecule has 2 aromatic carbocycles. The van der Waals surface area contributed by atoms with Crippen molar-refractivity contribution in [2.75, 3.05) is 19.6 Å². The maximum absolute atomic E-state index is 14.8. The van der Waals surface area contributed by atoms with Gasteiger partial charge in [-0.1, -0.05) is 19.1 Å². The van der Waals surface area contributed by atoms with E-state index in [9.17, 15) is 13.6 Å². The van der Waals surface area contributed by atoms with Gasteiger partial charge < -0.3 is 4.90 Å². The predicted octanol–water partition coefficient (Wildman–Crippen LogP) is 4.40. The van der Waals surface area contributed by atoms with Gasteiger partial charge in [-0.05, 0) is 73.3 Å². The van der Waals surface area contributed by atoms with Crippen LogP contribution in [0.4, 0.5) is 8.78 Å². The van der Waals surface area contributed by atoms with E-state index in [0.29, 0.717) is 11.1 Å². The molecule has 0 saturated carbocycles. The molecule has 0 radical (unpaired) electrons. The molecule has 0 bridgehead atoms. The Hall–Kier alpha value is -2.40. The first-order chi connectivity index (χ1) is 12.6. The Morgan fingerprint density at radius 3 is 2.50 bits per heavy atom. The molecule has 1 saturated heterocycles. The van der Waals surface area contributed by atoms with E-state index in [1.54, 1.807) is 12.1 Å². The monoisotopic (exact) mass is 354 g/mol. The van der Waals surface area contributed by atoms with Gasteiger partial charge in [0.2, 0.25) is 0 Å². The van der Waals surface area contributed by atoms with Crippen molar-refractivity contribution in [3.63, 3.8) is 0 Å². The van der Waals surface area contributed by atoms with Gasteiger partial charge in [0.05, 0.1) is 5.56 Å². The van der Waals surface area contributed by atoms with Crippen LogP contribution in [0.5, 0.6) is 0 Å². The minimum Gasteiger partial charge on any atom is -0.304 e. The normalized spacial score (nSPS) is 17.7. The number of rotatable bonds is 3. The van der Waals surface area contributed by atoms with Crippen LogP contribution in [0.25, 0.3) is 11.1 Å². The van der Waals surface area contributed by atoms with Crippen LogP contribution in [0.3, 0.4) is 0 Å². The van der Waals surface area contributed by atoms with Gasteiger partial charge in [0, 0.05) is 11.8 Å². The third-order valence-electron chi connectivity index (χ3n) is 5.48. The number of aliphatic imine (C=N–C) groups is 1. The van der Waals surface area contributed by atoms with Crippen molar-refractivity contribution in [3.8, 4) is 11.1 Å². The molecule has 0 unspecified atom stereocenters. The van der Waals surface area contributed by atoms with E-state index in [4.69, 9.17) is 0 Å². The molecule has 0 aliphatic carbocycles. The van der Waals surface area contributed by atoms with Crippen molar-refractivity contribution in [2.45, 2.75) is 25.7 Å². The third kappa shape index (κ3) is 2.97. The van der Waals surface area contributed by atoms with Crippen LogP contribution in [-0.2, 0) is 0 Å². The second kappa shape index (κ2) is 6.72. The molecule has 0 N–H and O–H groups in total. The maximum Gasteiger partial charge on any atom is 0.277 e. The molecular formula is C21H20F2N2O. The van der Waals surface area contributed by atoms with Gasteiger partial charge >= 0.3 is 0 Å². The summed E-state index contributed by atoms with van der Waals surface area (Å²) in [6, 6.07) is 7.98. The molecule has 5 heteroatoms. The molecule has 1 amide bonds. The smallest absolute Gasteiger partial charge is 0.277 e. The minimum atomic E-state index is -0.511. The van der Waals surface area contributed by atoms with Crippen molar-refractivity contribution in [3.05, 3.63) is 58.7 Å². The Morgan fingerprint density at radius 1 is 1.08 bits per heavy atom. The Labute approximate surface area is 151 Å². The average Bonchev–Trinajstić information content (AvgIpc) is 3.03. The Bertz CT molecular complexity index is 899. The van der Waals surface area contributed by atoms with E-state index < -0.39 is 11.7 Å². The second-order valence-electron chi connectivity index (χ2n) is 6.93. The quantitative estimate of drug-likeness (QED) is 0.818. The van der Waals surface area contributed by atoms with Gasteiger partial charge in [-0.3, -0.25) is 4.79 Å². The lowest BCUT2D eigenvalue weighted by atomic mass is 9.88. The molecule has 2 aromatic rings. The highest BCUT2D eigenvalue weighted by molar-refractivity contribution is 6.13. The number of benzene rings is 2. The third-order valence-corrected chi connectivity index (χ3v) is 5.48. The summed E-state index contributed by atoms with van der Waals surface area (Å²) in [5.41, 5.74) is 2.23. The summed E-state index contributed by atoms with van der Waals surface area (Å²) in [6.07, 6.45) is 3.13. The van der Waals surface area contributed by atoms with Crippen molar-refractivity contribution in [2.24, 2.45) is 4.99 Å². The molecule has 3 nitrogen and oxygen atoms in total. The second-order valence-corrected chi connectivity index (χ2v) is 6.93. The lowest BCUT2D eigenvalue weighted by Gasteiger charge is -2.31. The van der Waals surface area contributed by atoms with E-state index in [-0.39, 0.29) is 22.9 Å². The molecule has 0 aromatic heterocycles. The zero-order chi connectivity index (χ0) is 18.3. The van der Waals surface area contributed by atoms with E-state index in [0.717, 1.165) is 38.0 Å². The molecule has 0 atom stereocenters. The fourth-order valence-electron chi connectivity index (χ4n) is 3.88. The van der Waals surface area contributed by atoms with Crippen molar-refractivity contribution >= 4 is 12.1 Å². The van der Waals surface area contributed by atoms with Crippen LogP contribution in [0.1, 0.15) is 47.2 Å². The summed E-state index contributed by atoms with van der Waals surface area (Å²) < 4.78 is 29.0. The highest BCUT2D eigenvalue weighted by Gasteiger charge is 2.24. The average molecular weight is 354 g/mol. The fraction of sp³-hybridized carbons (Fsp3) is 0.333. The van der Waals surface area contributed by atoms with Gasteiger partial charge in [-0.2, -0.15) is 0 Å².